The van der Waals surface area contributed by atoms with Gasteiger partial charge in [-0.05, 0) is 18.2 Å². The molecule has 1 heterocycles. The van der Waals surface area contributed by atoms with Crippen LogP contribution in [0.3, 0.4) is 0 Å². The standard InChI is InChI=1S/C17H11ClF3N3S/c18-13-7-5-11(6-8-13)15-10-25-16(23-15)24-22-9-12-3-1-2-4-14(12)17(19,20)21/h1-10H,(H,23,24). The number of halogens is 4. The lowest BCUT2D eigenvalue weighted by molar-refractivity contribution is -0.137. The van der Waals surface area contributed by atoms with E-state index < -0.39 is 11.7 Å². The Hall–Kier alpha value is -2.38. The fourth-order valence-electron chi connectivity index (χ4n) is 2.10. The molecular weight excluding hydrogens is 371 g/mol. The van der Waals surface area contributed by atoms with Crippen molar-refractivity contribution in [3.63, 3.8) is 0 Å². The van der Waals surface area contributed by atoms with E-state index in [9.17, 15) is 13.2 Å². The molecule has 25 heavy (non-hydrogen) atoms. The zero-order valence-corrected chi connectivity index (χ0v) is 14.2. The van der Waals surface area contributed by atoms with Crippen LogP contribution >= 0.6 is 22.9 Å². The second-order valence-corrected chi connectivity index (χ2v) is 6.29. The van der Waals surface area contributed by atoms with Crippen LogP contribution in [0.1, 0.15) is 11.1 Å². The van der Waals surface area contributed by atoms with Crippen LogP contribution in [0, 0.1) is 0 Å². The number of hydrazone groups is 1. The highest BCUT2D eigenvalue weighted by Gasteiger charge is 2.32. The fourth-order valence-corrected chi connectivity index (χ4v) is 2.90. The van der Waals surface area contributed by atoms with Gasteiger partial charge < -0.3 is 0 Å². The summed E-state index contributed by atoms with van der Waals surface area (Å²) in [5.74, 6) is 0. The molecule has 2 aromatic carbocycles. The molecular formula is C17H11ClF3N3S. The van der Waals surface area contributed by atoms with Crippen molar-refractivity contribution in [2.24, 2.45) is 5.10 Å². The molecule has 0 bridgehead atoms. The summed E-state index contributed by atoms with van der Waals surface area (Å²) in [7, 11) is 0. The fraction of sp³-hybridized carbons (Fsp3) is 0.0588. The van der Waals surface area contributed by atoms with Gasteiger partial charge in [-0.1, -0.05) is 41.9 Å². The van der Waals surface area contributed by atoms with Crippen LogP contribution in [-0.4, -0.2) is 11.2 Å². The molecule has 0 aliphatic carbocycles. The predicted molar refractivity (Wildman–Crippen MR) is 95.2 cm³/mol. The Morgan fingerprint density at radius 2 is 1.80 bits per heavy atom. The number of benzene rings is 2. The zero-order chi connectivity index (χ0) is 17.9. The number of hydrogen-bond donors (Lipinski definition) is 1. The van der Waals surface area contributed by atoms with Crippen molar-refractivity contribution < 1.29 is 13.2 Å². The Bertz CT molecular complexity index is 889. The molecule has 0 unspecified atom stereocenters. The number of rotatable bonds is 4. The summed E-state index contributed by atoms with van der Waals surface area (Å²) >= 11 is 7.15. The highest BCUT2D eigenvalue weighted by molar-refractivity contribution is 7.14. The Morgan fingerprint density at radius 1 is 1.08 bits per heavy atom. The molecule has 0 spiro atoms. The predicted octanol–water partition coefficient (Wildman–Crippen LogP) is 5.93. The summed E-state index contributed by atoms with van der Waals surface area (Å²) in [6.07, 6.45) is -3.29. The first-order valence-corrected chi connectivity index (χ1v) is 8.36. The molecule has 3 nitrogen and oxygen atoms in total. The van der Waals surface area contributed by atoms with Crippen molar-refractivity contribution in [3.8, 4) is 11.3 Å². The summed E-state index contributed by atoms with van der Waals surface area (Å²) < 4.78 is 38.7. The maximum Gasteiger partial charge on any atom is 0.417 e. The molecule has 1 N–H and O–H groups in total. The SMILES string of the molecule is FC(F)(F)c1ccccc1C=NNc1nc(-c2ccc(Cl)cc2)cs1. The lowest BCUT2D eigenvalue weighted by atomic mass is 10.1. The van der Waals surface area contributed by atoms with Gasteiger partial charge in [0.25, 0.3) is 0 Å². The Labute approximate surface area is 150 Å². The Kier molecular flexibility index (Phi) is 5.06. The summed E-state index contributed by atoms with van der Waals surface area (Å²) in [6.45, 7) is 0. The van der Waals surface area contributed by atoms with Gasteiger partial charge in [0.2, 0.25) is 5.13 Å². The first-order chi connectivity index (χ1) is 11.9. The number of thiazole rings is 1. The largest absolute Gasteiger partial charge is 0.417 e. The topological polar surface area (TPSA) is 37.3 Å². The summed E-state index contributed by atoms with van der Waals surface area (Å²) in [6, 6.07) is 12.4. The Balaban J connectivity index is 1.73. The number of hydrogen-bond acceptors (Lipinski definition) is 4. The van der Waals surface area contributed by atoms with Gasteiger partial charge in [0.05, 0.1) is 17.5 Å². The molecule has 0 atom stereocenters. The van der Waals surface area contributed by atoms with Gasteiger partial charge in [0, 0.05) is 21.5 Å². The molecule has 128 valence electrons. The number of anilines is 1. The third-order valence-corrected chi connectivity index (χ3v) is 4.27. The normalized spacial score (nSPS) is 11.8. The third-order valence-electron chi connectivity index (χ3n) is 3.27. The number of nitrogens with one attached hydrogen (secondary N) is 1. The summed E-state index contributed by atoms with van der Waals surface area (Å²) in [5.41, 5.74) is 3.53. The molecule has 0 saturated carbocycles. The highest BCUT2D eigenvalue weighted by Crippen LogP contribution is 2.31. The van der Waals surface area contributed by atoms with E-state index in [2.05, 4.69) is 15.5 Å². The molecule has 0 saturated heterocycles. The van der Waals surface area contributed by atoms with Gasteiger partial charge in [0.1, 0.15) is 0 Å². The third kappa shape index (κ3) is 4.37. The van der Waals surface area contributed by atoms with Crippen molar-refractivity contribution in [1.82, 2.24) is 4.98 Å². The van der Waals surface area contributed by atoms with Crippen LogP contribution in [0.4, 0.5) is 18.3 Å². The van der Waals surface area contributed by atoms with Gasteiger partial charge in [0.15, 0.2) is 0 Å². The van der Waals surface area contributed by atoms with E-state index in [0.717, 1.165) is 23.5 Å². The number of aromatic nitrogens is 1. The molecule has 0 aliphatic heterocycles. The first kappa shape index (κ1) is 17.4. The lowest BCUT2D eigenvalue weighted by Crippen LogP contribution is -2.08. The number of alkyl halides is 3. The second-order valence-electron chi connectivity index (χ2n) is 5.00. The van der Waals surface area contributed by atoms with Gasteiger partial charge >= 0.3 is 6.18 Å². The van der Waals surface area contributed by atoms with E-state index in [4.69, 9.17) is 11.6 Å². The average Bonchev–Trinajstić information content (AvgIpc) is 3.04. The van der Waals surface area contributed by atoms with E-state index in [1.54, 1.807) is 12.1 Å². The van der Waals surface area contributed by atoms with Crippen LogP contribution in [0.15, 0.2) is 59.0 Å². The maximum atomic E-state index is 12.9. The summed E-state index contributed by atoms with van der Waals surface area (Å²) in [4.78, 5) is 4.34. The second kappa shape index (κ2) is 7.25. The molecule has 0 amide bonds. The Morgan fingerprint density at radius 3 is 2.52 bits per heavy atom. The molecule has 3 rings (SSSR count). The molecule has 3 aromatic rings. The number of nitrogens with zero attached hydrogens (tertiary/aromatic N) is 2. The van der Waals surface area contributed by atoms with Crippen LogP contribution < -0.4 is 5.43 Å². The van der Waals surface area contributed by atoms with Crippen LogP contribution in [0.2, 0.25) is 5.02 Å². The maximum absolute atomic E-state index is 12.9. The van der Waals surface area contributed by atoms with Crippen molar-refractivity contribution >= 4 is 34.3 Å². The summed E-state index contributed by atoms with van der Waals surface area (Å²) in [5, 5.41) is 6.79. The molecule has 0 aliphatic rings. The minimum Gasteiger partial charge on any atom is -0.253 e. The molecule has 0 radical (unpaired) electrons. The van der Waals surface area contributed by atoms with E-state index >= 15 is 0 Å². The molecule has 1 aromatic heterocycles. The van der Waals surface area contributed by atoms with Crippen molar-refractivity contribution in [1.29, 1.82) is 0 Å². The molecule has 0 fully saturated rings. The smallest absolute Gasteiger partial charge is 0.253 e. The monoisotopic (exact) mass is 381 g/mol. The highest BCUT2D eigenvalue weighted by atomic mass is 35.5. The average molecular weight is 382 g/mol. The van der Waals surface area contributed by atoms with Crippen molar-refractivity contribution in [3.05, 3.63) is 70.1 Å². The molecule has 8 heteroatoms. The van der Waals surface area contributed by atoms with Gasteiger partial charge in [-0.3, -0.25) is 5.43 Å². The lowest BCUT2D eigenvalue weighted by Gasteiger charge is -2.08. The van der Waals surface area contributed by atoms with Crippen LogP contribution in [0.25, 0.3) is 11.3 Å². The van der Waals surface area contributed by atoms with E-state index in [0.29, 0.717) is 10.2 Å². The zero-order valence-electron chi connectivity index (χ0n) is 12.6. The van der Waals surface area contributed by atoms with Crippen molar-refractivity contribution in [2.75, 3.05) is 5.43 Å². The van der Waals surface area contributed by atoms with Crippen molar-refractivity contribution in [2.45, 2.75) is 6.18 Å². The minimum atomic E-state index is -4.43. The van der Waals surface area contributed by atoms with Gasteiger partial charge in [-0.15, -0.1) is 11.3 Å². The first-order valence-electron chi connectivity index (χ1n) is 7.10. The van der Waals surface area contributed by atoms with E-state index in [1.807, 2.05) is 17.5 Å². The van der Waals surface area contributed by atoms with Gasteiger partial charge in [-0.2, -0.15) is 18.3 Å². The quantitative estimate of drug-likeness (QED) is 0.449. The van der Waals surface area contributed by atoms with E-state index in [-0.39, 0.29) is 5.56 Å². The minimum absolute atomic E-state index is 0.0167. The van der Waals surface area contributed by atoms with Crippen LogP contribution in [0.5, 0.6) is 0 Å². The van der Waals surface area contributed by atoms with Crippen LogP contribution in [-0.2, 0) is 6.18 Å². The van der Waals surface area contributed by atoms with E-state index in [1.165, 1.54) is 29.5 Å². The van der Waals surface area contributed by atoms with Gasteiger partial charge in [-0.25, -0.2) is 4.98 Å².